The number of hydrogen-bond acceptors (Lipinski definition) is 2. The number of carbonyl (C=O) groups excluding carboxylic acids is 2. The third kappa shape index (κ3) is 4.31. The molecule has 1 unspecified atom stereocenters. The minimum Gasteiger partial charge on any atom is -0.315 e. The highest BCUT2D eigenvalue weighted by molar-refractivity contribution is 6.01. The van der Waals surface area contributed by atoms with Gasteiger partial charge in [0.1, 0.15) is 6.54 Å². The highest BCUT2D eigenvalue weighted by Crippen LogP contribution is 2.16. The molecule has 1 aromatic carbocycles. The lowest BCUT2D eigenvalue weighted by atomic mass is 9.96. The number of imide groups is 1. The van der Waals surface area contributed by atoms with Gasteiger partial charge in [-0.1, -0.05) is 50.1 Å². The normalized spacial score (nSPS) is 16.7. The molecule has 0 aromatic heterocycles. The lowest BCUT2D eigenvalue weighted by molar-refractivity contribution is -0.124. The van der Waals surface area contributed by atoms with Crippen molar-refractivity contribution in [2.75, 3.05) is 20.1 Å². The number of unbranched alkanes of at least 4 members (excludes halogenated alkanes) is 1. The number of rotatable bonds is 7. The second-order valence-electron chi connectivity index (χ2n) is 5.95. The third-order valence-corrected chi connectivity index (χ3v) is 4.06. The van der Waals surface area contributed by atoms with Gasteiger partial charge in [-0.25, -0.2) is 4.79 Å². The van der Waals surface area contributed by atoms with Crippen molar-refractivity contribution in [3.63, 3.8) is 0 Å². The first-order chi connectivity index (χ1) is 10.1. The molecule has 1 aromatic rings. The van der Waals surface area contributed by atoms with Crippen LogP contribution in [0.2, 0.25) is 0 Å². The molecule has 0 saturated carbocycles. The molecule has 1 fully saturated rings. The highest BCUT2D eigenvalue weighted by Gasteiger charge is 2.32. The molecule has 1 aliphatic rings. The van der Waals surface area contributed by atoms with Gasteiger partial charge in [-0.3, -0.25) is 9.69 Å². The van der Waals surface area contributed by atoms with E-state index in [0.717, 1.165) is 25.7 Å². The Balaban J connectivity index is 1.64. The van der Waals surface area contributed by atoms with Gasteiger partial charge in [-0.2, -0.15) is 0 Å². The number of carbonyl (C=O) groups is 2. The fraction of sp³-hybridized carbons (Fsp3) is 0.529. The molecular weight excluding hydrogens is 264 g/mol. The van der Waals surface area contributed by atoms with Crippen LogP contribution in [0.3, 0.4) is 0 Å². The lowest BCUT2D eigenvalue weighted by Crippen LogP contribution is -2.30. The van der Waals surface area contributed by atoms with E-state index in [1.807, 2.05) is 6.07 Å². The molecule has 0 N–H and O–H groups in total. The van der Waals surface area contributed by atoms with Gasteiger partial charge in [-0.15, -0.1) is 0 Å². The topological polar surface area (TPSA) is 40.6 Å². The first kappa shape index (κ1) is 15.5. The maximum absolute atomic E-state index is 11.7. The van der Waals surface area contributed by atoms with Crippen molar-refractivity contribution >= 4 is 11.9 Å². The standard InChI is InChI=1S/C17H24N2O2/c1-14(12-15-9-4-3-5-10-15)8-6-7-11-19-13-16(20)18(2)17(19)21/h3-5,9-10,14H,6-8,11-13H2,1-2H3. The van der Waals surface area contributed by atoms with Gasteiger partial charge in [0.15, 0.2) is 0 Å². The summed E-state index contributed by atoms with van der Waals surface area (Å²) in [5.41, 5.74) is 1.38. The zero-order chi connectivity index (χ0) is 15.2. The Bertz CT molecular complexity index is 487. The molecule has 4 heteroatoms. The Kier molecular flexibility index (Phi) is 5.37. The van der Waals surface area contributed by atoms with Gasteiger partial charge in [0.25, 0.3) is 0 Å². The molecule has 0 bridgehead atoms. The van der Waals surface area contributed by atoms with Gasteiger partial charge in [0, 0.05) is 13.6 Å². The van der Waals surface area contributed by atoms with Crippen LogP contribution in [-0.2, 0) is 11.2 Å². The second kappa shape index (κ2) is 7.25. The Morgan fingerprint density at radius 3 is 2.48 bits per heavy atom. The van der Waals surface area contributed by atoms with E-state index >= 15 is 0 Å². The van der Waals surface area contributed by atoms with Crippen molar-refractivity contribution in [1.29, 1.82) is 0 Å². The van der Waals surface area contributed by atoms with E-state index in [1.54, 1.807) is 11.9 Å². The molecule has 0 aliphatic carbocycles. The number of likely N-dealkylation sites (N-methyl/N-ethyl adjacent to an activating group) is 1. The third-order valence-electron chi connectivity index (χ3n) is 4.06. The first-order valence-corrected chi connectivity index (χ1v) is 7.67. The predicted octanol–water partition coefficient (Wildman–Crippen LogP) is 2.93. The summed E-state index contributed by atoms with van der Waals surface area (Å²) in [4.78, 5) is 26.0. The summed E-state index contributed by atoms with van der Waals surface area (Å²) in [6.07, 6.45) is 4.31. The molecule has 1 aliphatic heterocycles. The maximum atomic E-state index is 11.7. The van der Waals surface area contributed by atoms with Crippen LogP contribution in [0.4, 0.5) is 4.79 Å². The summed E-state index contributed by atoms with van der Waals surface area (Å²) >= 11 is 0. The van der Waals surface area contributed by atoms with E-state index in [4.69, 9.17) is 0 Å². The van der Waals surface area contributed by atoms with Crippen LogP contribution >= 0.6 is 0 Å². The molecule has 0 radical (unpaired) electrons. The van der Waals surface area contributed by atoms with Crippen molar-refractivity contribution in [1.82, 2.24) is 9.80 Å². The van der Waals surface area contributed by atoms with E-state index in [2.05, 4.69) is 31.2 Å². The average molecular weight is 288 g/mol. The summed E-state index contributed by atoms with van der Waals surface area (Å²) in [5.74, 6) is 0.545. The molecule has 1 heterocycles. The summed E-state index contributed by atoms with van der Waals surface area (Å²) in [7, 11) is 1.55. The molecule has 4 nitrogen and oxygen atoms in total. The zero-order valence-electron chi connectivity index (χ0n) is 12.9. The molecule has 114 valence electrons. The molecule has 2 rings (SSSR count). The van der Waals surface area contributed by atoms with Gasteiger partial charge >= 0.3 is 6.03 Å². The largest absolute Gasteiger partial charge is 0.326 e. The molecule has 1 atom stereocenters. The van der Waals surface area contributed by atoms with Crippen LogP contribution in [0.15, 0.2) is 30.3 Å². The molecule has 0 spiro atoms. The van der Waals surface area contributed by atoms with Crippen molar-refractivity contribution in [2.24, 2.45) is 5.92 Å². The Hall–Kier alpha value is -1.84. The first-order valence-electron chi connectivity index (χ1n) is 7.67. The van der Waals surface area contributed by atoms with Crippen molar-refractivity contribution in [3.8, 4) is 0 Å². The number of urea groups is 1. The molecular formula is C17H24N2O2. The van der Waals surface area contributed by atoms with Crippen molar-refractivity contribution < 1.29 is 9.59 Å². The average Bonchev–Trinajstić information content (AvgIpc) is 2.72. The fourth-order valence-electron chi connectivity index (χ4n) is 2.74. The summed E-state index contributed by atoms with van der Waals surface area (Å²) in [5, 5.41) is 0. The fourth-order valence-corrected chi connectivity index (χ4v) is 2.74. The maximum Gasteiger partial charge on any atom is 0.326 e. The summed E-state index contributed by atoms with van der Waals surface area (Å²) < 4.78 is 0. The number of amides is 3. The second-order valence-corrected chi connectivity index (χ2v) is 5.95. The van der Waals surface area contributed by atoms with Crippen LogP contribution in [0.5, 0.6) is 0 Å². The van der Waals surface area contributed by atoms with Crippen molar-refractivity contribution in [3.05, 3.63) is 35.9 Å². The van der Waals surface area contributed by atoms with Gasteiger partial charge in [0.2, 0.25) is 5.91 Å². The van der Waals surface area contributed by atoms with Crippen LogP contribution < -0.4 is 0 Å². The van der Waals surface area contributed by atoms with Crippen LogP contribution in [-0.4, -0.2) is 41.9 Å². The smallest absolute Gasteiger partial charge is 0.315 e. The lowest BCUT2D eigenvalue weighted by Gasteiger charge is -2.15. The van der Waals surface area contributed by atoms with Crippen LogP contribution in [0, 0.1) is 5.92 Å². The van der Waals surface area contributed by atoms with Crippen LogP contribution in [0.1, 0.15) is 31.7 Å². The van der Waals surface area contributed by atoms with Gasteiger partial charge < -0.3 is 4.90 Å². The number of benzene rings is 1. The van der Waals surface area contributed by atoms with Gasteiger partial charge in [-0.05, 0) is 24.3 Å². The minimum atomic E-state index is -0.155. The molecule has 21 heavy (non-hydrogen) atoms. The summed E-state index contributed by atoms with van der Waals surface area (Å²) in [6, 6.07) is 10.4. The monoisotopic (exact) mass is 288 g/mol. The minimum absolute atomic E-state index is 0.0996. The quantitative estimate of drug-likeness (QED) is 0.572. The van der Waals surface area contributed by atoms with E-state index in [0.29, 0.717) is 12.5 Å². The van der Waals surface area contributed by atoms with Crippen LogP contribution in [0.25, 0.3) is 0 Å². The van der Waals surface area contributed by atoms with E-state index in [-0.39, 0.29) is 18.5 Å². The predicted molar refractivity (Wildman–Crippen MR) is 82.9 cm³/mol. The highest BCUT2D eigenvalue weighted by atomic mass is 16.2. The number of nitrogens with zero attached hydrogens (tertiary/aromatic N) is 2. The molecule has 3 amide bonds. The van der Waals surface area contributed by atoms with Gasteiger partial charge in [0.05, 0.1) is 0 Å². The van der Waals surface area contributed by atoms with E-state index < -0.39 is 0 Å². The van der Waals surface area contributed by atoms with E-state index in [1.165, 1.54) is 10.5 Å². The SMILES string of the molecule is CC(CCCCN1CC(=O)N(C)C1=O)Cc1ccccc1. The number of hydrogen-bond donors (Lipinski definition) is 0. The Labute approximate surface area is 126 Å². The summed E-state index contributed by atoms with van der Waals surface area (Å²) in [6.45, 7) is 3.20. The molecule has 1 saturated heterocycles. The van der Waals surface area contributed by atoms with E-state index in [9.17, 15) is 9.59 Å². The zero-order valence-corrected chi connectivity index (χ0v) is 12.9. The Morgan fingerprint density at radius 2 is 1.86 bits per heavy atom. The Morgan fingerprint density at radius 1 is 1.14 bits per heavy atom. The van der Waals surface area contributed by atoms with Crippen molar-refractivity contribution in [2.45, 2.75) is 32.6 Å².